The van der Waals surface area contributed by atoms with E-state index in [0.717, 1.165) is 13.1 Å². The van der Waals surface area contributed by atoms with E-state index in [-0.39, 0.29) is 0 Å². The Labute approximate surface area is 125 Å². The van der Waals surface area contributed by atoms with Crippen LogP contribution in [0, 0.1) is 0 Å². The minimum absolute atomic E-state index is 0.611. The summed E-state index contributed by atoms with van der Waals surface area (Å²) in [6.45, 7) is 12.4. The molecule has 1 aromatic carbocycles. The molecule has 0 spiro atoms. The molecule has 0 aliphatic rings. The molecule has 1 aromatic rings. The fourth-order valence-corrected chi connectivity index (χ4v) is 2.35. The van der Waals surface area contributed by atoms with Gasteiger partial charge >= 0.3 is 0 Å². The highest BCUT2D eigenvalue weighted by Crippen LogP contribution is 2.10. The molecule has 0 fully saturated rings. The van der Waals surface area contributed by atoms with Gasteiger partial charge in [0.05, 0.1) is 0 Å². The molecule has 20 heavy (non-hydrogen) atoms. The van der Waals surface area contributed by atoms with Crippen molar-refractivity contribution in [3.63, 3.8) is 0 Å². The summed E-state index contributed by atoms with van der Waals surface area (Å²) >= 11 is 0. The number of rotatable bonds is 10. The molecular weight excluding hydrogens is 244 g/mol. The molecule has 0 aliphatic heterocycles. The van der Waals surface area contributed by atoms with Gasteiger partial charge in [-0.05, 0) is 45.3 Å². The second-order valence-electron chi connectivity index (χ2n) is 6.22. The first-order valence-electron chi connectivity index (χ1n) is 8.11. The summed E-state index contributed by atoms with van der Waals surface area (Å²) in [6.07, 6.45) is 3.90. The van der Waals surface area contributed by atoms with Gasteiger partial charge in [-0.1, -0.05) is 50.6 Å². The zero-order valence-electron chi connectivity index (χ0n) is 13.7. The summed E-state index contributed by atoms with van der Waals surface area (Å²) in [7, 11) is 0. The van der Waals surface area contributed by atoms with Crippen LogP contribution in [-0.4, -0.2) is 30.1 Å². The number of nitrogens with zero attached hydrogens (tertiary/aromatic N) is 1. The van der Waals surface area contributed by atoms with Gasteiger partial charge in [-0.25, -0.2) is 0 Å². The molecule has 1 N–H and O–H groups in total. The van der Waals surface area contributed by atoms with Crippen LogP contribution in [0.2, 0.25) is 0 Å². The number of nitrogens with one attached hydrogen (secondary N) is 1. The van der Waals surface area contributed by atoms with Crippen molar-refractivity contribution in [1.29, 1.82) is 0 Å². The summed E-state index contributed by atoms with van der Waals surface area (Å²) < 4.78 is 0. The maximum Gasteiger partial charge on any atom is 0.0236 e. The summed E-state index contributed by atoms with van der Waals surface area (Å²) in [5.74, 6) is 0. The van der Waals surface area contributed by atoms with E-state index in [0.29, 0.717) is 12.1 Å². The lowest BCUT2D eigenvalue weighted by molar-refractivity contribution is 0.208. The molecule has 2 nitrogen and oxygen atoms in total. The van der Waals surface area contributed by atoms with Crippen LogP contribution in [0.15, 0.2) is 30.3 Å². The Hall–Kier alpha value is -0.860. The Morgan fingerprint density at radius 1 is 0.950 bits per heavy atom. The van der Waals surface area contributed by atoms with Gasteiger partial charge in [0, 0.05) is 18.6 Å². The third kappa shape index (κ3) is 7.66. The molecule has 0 aliphatic carbocycles. The van der Waals surface area contributed by atoms with Crippen LogP contribution < -0.4 is 5.32 Å². The Kier molecular flexibility index (Phi) is 8.56. The van der Waals surface area contributed by atoms with Crippen molar-refractivity contribution in [2.75, 3.05) is 13.1 Å². The van der Waals surface area contributed by atoms with E-state index in [1.807, 2.05) is 0 Å². The lowest BCUT2D eigenvalue weighted by Crippen LogP contribution is -2.31. The Morgan fingerprint density at radius 2 is 1.65 bits per heavy atom. The van der Waals surface area contributed by atoms with Crippen LogP contribution >= 0.6 is 0 Å². The predicted octanol–water partition coefficient (Wildman–Crippen LogP) is 4.07. The van der Waals surface area contributed by atoms with Crippen molar-refractivity contribution in [2.24, 2.45) is 0 Å². The summed E-state index contributed by atoms with van der Waals surface area (Å²) in [6, 6.07) is 12.0. The topological polar surface area (TPSA) is 15.3 Å². The fraction of sp³-hybridized carbons (Fsp3) is 0.667. The Morgan fingerprint density at radius 3 is 2.25 bits per heavy atom. The summed E-state index contributed by atoms with van der Waals surface area (Å²) in [5, 5.41) is 3.48. The largest absolute Gasteiger partial charge is 0.315 e. The molecule has 0 heterocycles. The molecule has 0 radical (unpaired) electrons. The van der Waals surface area contributed by atoms with Gasteiger partial charge in [0.1, 0.15) is 0 Å². The summed E-state index contributed by atoms with van der Waals surface area (Å²) in [4.78, 5) is 2.57. The maximum atomic E-state index is 3.48. The third-order valence-electron chi connectivity index (χ3n) is 3.63. The quantitative estimate of drug-likeness (QED) is 0.648. The smallest absolute Gasteiger partial charge is 0.0236 e. The predicted molar refractivity (Wildman–Crippen MR) is 89.0 cm³/mol. The molecule has 0 bridgehead atoms. The SMILES string of the molecule is CC(C)NCCCCCN(Cc1ccccc1)C(C)C. The second kappa shape index (κ2) is 9.95. The van der Waals surface area contributed by atoms with Gasteiger partial charge in [-0.15, -0.1) is 0 Å². The molecule has 0 saturated heterocycles. The van der Waals surface area contributed by atoms with E-state index in [1.54, 1.807) is 0 Å². The van der Waals surface area contributed by atoms with E-state index < -0.39 is 0 Å². The van der Waals surface area contributed by atoms with Gasteiger partial charge in [-0.3, -0.25) is 4.90 Å². The summed E-state index contributed by atoms with van der Waals surface area (Å²) in [5.41, 5.74) is 1.42. The third-order valence-corrected chi connectivity index (χ3v) is 3.63. The highest BCUT2D eigenvalue weighted by atomic mass is 15.1. The van der Waals surface area contributed by atoms with Crippen LogP contribution in [0.25, 0.3) is 0 Å². The molecule has 2 heteroatoms. The van der Waals surface area contributed by atoms with Gasteiger partial charge < -0.3 is 5.32 Å². The van der Waals surface area contributed by atoms with Gasteiger partial charge in [0.25, 0.3) is 0 Å². The molecule has 1 rings (SSSR count). The van der Waals surface area contributed by atoms with Crippen LogP contribution in [0.4, 0.5) is 0 Å². The normalized spacial score (nSPS) is 11.8. The van der Waals surface area contributed by atoms with Crippen LogP contribution in [-0.2, 0) is 6.54 Å². The molecule has 0 atom stereocenters. The minimum atomic E-state index is 0.611. The number of unbranched alkanes of at least 4 members (excludes halogenated alkanes) is 2. The van der Waals surface area contributed by atoms with E-state index in [1.165, 1.54) is 31.4 Å². The first kappa shape index (κ1) is 17.2. The van der Waals surface area contributed by atoms with E-state index in [4.69, 9.17) is 0 Å². The average Bonchev–Trinajstić information content (AvgIpc) is 2.42. The Bertz CT molecular complexity index is 333. The van der Waals surface area contributed by atoms with Crippen molar-refractivity contribution >= 4 is 0 Å². The van der Waals surface area contributed by atoms with Crippen LogP contribution in [0.3, 0.4) is 0 Å². The van der Waals surface area contributed by atoms with Crippen LogP contribution in [0.5, 0.6) is 0 Å². The molecule has 0 amide bonds. The monoisotopic (exact) mass is 276 g/mol. The number of hydrogen-bond acceptors (Lipinski definition) is 2. The number of hydrogen-bond donors (Lipinski definition) is 1. The van der Waals surface area contributed by atoms with Gasteiger partial charge in [-0.2, -0.15) is 0 Å². The standard InChI is InChI=1S/C18H32N2/c1-16(2)19-13-9-6-10-14-20(17(3)4)15-18-11-7-5-8-12-18/h5,7-8,11-12,16-17,19H,6,9-10,13-15H2,1-4H3. The second-order valence-corrected chi connectivity index (χ2v) is 6.22. The zero-order valence-corrected chi connectivity index (χ0v) is 13.7. The van der Waals surface area contributed by atoms with E-state index >= 15 is 0 Å². The number of benzene rings is 1. The lowest BCUT2D eigenvalue weighted by atomic mass is 10.1. The maximum absolute atomic E-state index is 3.48. The minimum Gasteiger partial charge on any atom is -0.315 e. The van der Waals surface area contributed by atoms with E-state index in [9.17, 15) is 0 Å². The molecule has 114 valence electrons. The molecule has 0 saturated carbocycles. The zero-order chi connectivity index (χ0) is 14.8. The molecule has 0 unspecified atom stereocenters. The van der Waals surface area contributed by atoms with Crippen LogP contribution in [0.1, 0.15) is 52.5 Å². The van der Waals surface area contributed by atoms with E-state index in [2.05, 4.69) is 68.2 Å². The fourth-order valence-electron chi connectivity index (χ4n) is 2.35. The highest BCUT2D eigenvalue weighted by Gasteiger charge is 2.09. The molecular formula is C18H32N2. The average molecular weight is 276 g/mol. The van der Waals surface area contributed by atoms with Gasteiger partial charge in [0.2, 0.25) is 0 Å². The van der Waals surface area contributed by atoms with Crippen molar-refractivity contribution in [2.45, 2.75) is 65.6 Å². The van der Waals surface area contributed by atoms with Gasteiger partial charge in [0.15, 0.2) is 0 Å². The Balaban J connectivity index is 2.23. The molecule has 0 aromatic heterocycles. The lowest BCUT2D eigenvalue weighted by Gasteiger charge is -2.26. The first-order chi connectivity index (χ1) is 9.59. The van der Waals surface area contributed by atoms with Crippen molar-refractivity contribution in [3.8, 4) is 0 Å². The highest BCUT2D eigenvalue weighted by molar-refractivity contribution is 5.14. The van der Waals surface area contributed by atoms with Crippen molar-refractivity contribution < 1.29 is 0 Å². The first-order valence-corrected chi connectivity index (χ1v) is 8.11. The van der Waals surface area contributed by atoms with Crippen molar-refractivity contribution in [3.05, 3.63) is 35.9 Å². The van der Waals surface area contributed by atoms with Crippen molar-refractivity contribution in [1.82, 2.24) is 10.2 Å².